The predicted molar refractivity (Wildman–Crippen MR) is 190 cm³/mol. The van der Waals surface area contributed by atoms with E-state index >= 15 is 0 Å². The Balaban J connectivity index is 1.67. The molecule has 11 nitrogen and oxygen atoms in total. The number of halogens is 1. The number of fused-ring (bicyclic) bond motifs is 1. The van der Waals surface area contributed by atoms with Gasteiger partial charge < -0.3 is 19.5 Å². The molecule has 0 radical (unpaired) electrons. The van der Waals surface area contributed by atoms with Crippen molar-refractivity contribution in [2.75, 3.05) is 38.1 Å². The van der Waals surface area contributed by atoms with Gasteiger partial charge in [-0.2, -0.15) is 4.31 Å². The highest BCUT2D eigenvalue weighted by molar-refractivity contribution is 7.92. The quantitative estimate of drug-likeness (QED) is 0.291. The summed E-state index contributed by atoms with van der Waals surface area (Å²) in [6.45, 7) is 7.48. The van der Waals surface area contributed by atoms with Gasteiger partial charge in [0.2, 0.25) is 10.0 Å². The third-order valence-electron chi connectivity index (χ3n) is 8.59. The molecule has 0 fully saturated rings. The van der Waals surface area contributed by atoms with Gasteiger partial charge in [0.1, 0.15) is 5.75 Å². The number of nitrogens with one attached hydrogen (secondary N) is 1. The molecule has 14 heteroatoms. The molecule has 2 N–H and O–H groups in total. The SMILES string of the molecule is Cc1ccc(S(=O)(=O)Nc2ccc3c(c2)C(=O)N([C@H](C)CO)C[C@@H](C)[C@@H](CN(C)S(=O)(=O)c2ccc(Cl)cc2)OCCCC[C@@H](C)O3)cc1. The molecule has 0 saturated heterocycles. The zero-order chi connectivity index (χ0) is 35.9. The Labute approximate surface area is 295 Å². The van der Waals surface area contributed by atoms with E-state index in [1.165, 1.54) is 58.7 Å². The smallest absolute Gasteiger partial charge is 0.261 e. The molecule has 3 aromatic rings. The molecular formula is C35H46ClN3O8S2. The minimum absolute atomic E-state index is 0.0166. The van der Waals surface area contributed by atoms with Gasteiger partial charge in [0.05, 0.1) is 40.2 Å². The highest BCUT2D eigenvalue weighted by atomic mass is 35.5. The van der Waals surface area contributed by atoms with Crippen LogP contribution in [0.25, 0.3) is 0 Å². The van der Waals surface area contributed by atoms with E-state index in [9.17, 15) is 26.7 Å². The molecule has 4 atom stereocenters. The number of sulfonamides is 2. The number of hydrogen-bond acceptors (Lipinski definition) is 8. The second kappa shape index (κ2) is 16.7. The fourth-order valence-electron chi connectivity index (χ4n) is 5.52. The molecule has 0 saturated carbocycles. The summed E-state index contributed by atoms with van der Waals surface area (Å²) in [6, 6.07) is 16.3. The fourth-order valence-corrected chi connectivity index (χ4v) is 7.88. The highest BCUT2D eigenvalue weighted by Crippen LogP contribution is 2.30. The Morgan fingerprint density at radius 2 is 1.65 bits per heavy atom. The zero-order valence-electron chi connectivity index (χ0n) is 28.5. The lowest BCUT2D eigenvalue weighted by Gasteiger charge is -2.35. The van der Waals surface area contributed by atoms with E-state index in [-0.39, 0.29) is 58.5 Å². The van der Waals surface area contributed by atoms with Crippen LogP contribution < -0.4 is 9.46 Å². The van der Waals surface area contributed by atoms with Crippen LogP contribution in [0.2, 0.25) is 5.02 Å². The summed E-state index contributed by atoms with van der Waals surface area (Å²) in [6.07, 6.45) is 1.23. The van der Waals surface area contributed by atoms with Crippen molar-refractivity contribution in [3.05, 3.63) is 82.9 Å². The van der Waals surface area contributed by atoms with E-state index in [2.05, 4.69) is 4.72 Å². The number of likely N-dealkylation sites (N-methyl/N-ethyl adjacent to an activating group) is 1. The summed E-state index contributed by atoms with van der Waals surface area (Å²) in [5.41, 5.74) is 1.21. The van der Waals surface area contributed by atoms with Gasteiger partial charge in [-0.05, 0) is 94.6 Å². The van der Waals surface area contributed by atoms with Crippen LogP contribution >= 0.6 is 11.6 Å². The maximum Gasteiger partial charge on any atom is 0.261 e. The third kappa shape index (κ3) is 9.95. The highest BCUT2D eigenvalue weighted by Gasteiger charge is 2.32. The van der Waals surface area contributed by atoms with Gasteiger partial charge in [0.15, 0.2) is 0 Å². The average molecular weight is 736 g/mol. The van der Waals surface area contributed by atoms with Crippen molar-refractivity contribution in [3.63, 3.8) is 0 Å². The number of anilines is 1. The third-order valence-corrected chi connectivity index (χ3v) is 12.1. The first kappa shape index (κ1) is 38.6. The Bertz CT molecular complexity index is 1790. The van der Waals surface area contributed by atoms with E-state index in [4.69, 9.17) is 21.1 Å². The summed E-state index contributed by atoms with van der Waals surface area (Å²) in [5, 5.41) is 10.6. The molecular weight excluding hydrogens is 690 g/mol. The number of aryl methyl sites for hydroxylation is 1. The van der Waals surface area contributed by atoms with Crippen LogP contribution in [0.15, 0.2) is 76.5 Å². The van der Waals surface area contributed by atoms with Crippen LogP contribution in [0.3, 0.4) is 0 Å². The number of aliphatic hydroxyl groups excluding tert-OH is 1. The van der Waals surface area contributed by atoms with Crippen LogP contribution in [0, 0.1) is 12.8 Å². The van der Waals surface area contributed by atoms with Gasteiger partial charge in [-0.1, -0.05) is 36.2 Å². The van der Waals surface area contributed by atoms with Gasteiger partial charge in [-0.15, -0.1) is 0 Å². The number of nitrogens with zero attached hydrogens (tertiary/aromatic N) is 2. The van der Waals surface area contributed by atoms with Gasteiger partial charge in [-0.25, -0.2) is 16.8 Å². The fraction of sp³-hybridized carbons (Fsp3) is 0.457. The number of ether oxygens (including phenoxy) is 2. The first-order valence-electron chi connectivity index (χ1n) is 16.3. The predicted octanol–water partition coefficient (Wildman–Crippen LogP) is 5.57. The van der Waals surface area contributed by atoms with E-state index < -0.39 is 38.1 Å². The maximum atomic E-state index is 14.4. The van der Waals surface area contributed by atoms with Crippen molar-refractivity contribution in [3.8, 4) is 5.75 Å². The lowest BCUT2D eigenvalue weighted by Crippen LogP contribution is -2.48. The molecule has 1 aliphatic rings. The zero-order valence-corrected chi connectivity index (χ0v) is 30.9. The normalized spacial score (nSPS) is 20.6. The van der Waals surface area contributed by atoms with Crippen molar-refractivity contribution in [1.29, 1.82) is 0 Å². The summed E-state index contributed by atoms with van der Waals surface area (Å²) in [4.78, 5) is 16.0. The molecule has 0 unspecified atom stereocenters. The molecule has 0 aliphatic carbocycles. The summed E-state index contributed by atoms with van der Waals surface area (Å²) in [7, 11) is -6.35. The van der Waals surface area contributed by atoms with Gasteiger partial charge in [0.25, 0.3) is 15.9 Å². The van der Waals surface area contributed by atoms with Crippen LogP contribution in [-0.2, 0) is 24.8 Å². The number of rotatable bonds is 9. The molecule has 1 heterocycles. The Hall–Kier alpha value is -3.20. The molecule has 3 aromatic carbocycles. The number of aliphatic hydroxyl groups is 1. The Morgan fingerprint density at radius 1 is 1.00 bits per heavy atom. The number of hydrogen-bond donors (Lipinski definition) is 2. The van der Waals surface area contributed by atoms with Crippen LogP contribution in [-0.4, -0.2) is 88.7 Å². The van der Waals surface area contributed by atoms with Crippen LogP contribution in [0.4, 0.5) is 5.69 Å². The molecule has 268 valence electrons. The van der Waals surface area contributed by atoms with Crippen molar-refractivity contribution in [1.82, 2.24) is 9.21 Å². The van der Waals surface area contributed by atoms with E-state index in [0.29, 0.717) is 24.5 Å². The van der Waals surface area contributed by atoms with Crippen molar-refractivity contribution < 1.29 is 36.2 Å². The number of carbonyl (C=O) groups is 1. The van der Waals surface area contributed by atoms with Crippen molar-refractivity contribution >= 4 is 43.2 Å². The lowest BCUT2D eigenvalue weighted by atomic mass is 10.0. The number of carbonyl (C=O) groups excluding carboxylic acids is 1. The molecule has 0 spiro atoms. The minimum Gasteiger partial charge on any atom is -0.490 e. The van der Waals surface area contributed by atoms with E-state index in [1.54, 1.807) is 31.2 Å². The molecule has 49 heavy (non-hydrogen) atoms. The second-order valence-corrected chi connectivity index (χ2v) is 16.8. The monoisotopic (exact) mass is 735 g/mol. The summed E-state index contributed by atoms with van der Waals surface area (Å²) in [5.74, 6) is -0.572. The molecule has 1 aliphatic heterocycles. The molecule has 0 aromatic heterocycles. The van der Waals surface area contributed by atoms with E-state index in [1.807, 2.05) is 20.8 Å². The molecule has 4 rings (SSSR count). The first-order chi connectivity index (χ1) is 23.1. The van der Waals surface area contributed by atoms with Crippen molar-refractivity contribution in [2.24, 2.45) is 5.92 Å². The Morgan fingerprint density at radius 3 is 2.31 bits per heavy atom. The largest absolute Gasteiger partial charge is 0.490 e. The second-order valence-electron chi connectivity index (χ2n) is 12.7. The van der Waals surface area contributed by atoms with Gasteiger partial charge in [0, 0.05) is 43.4 Å². The summed E-state index contributed by atoms with van der Waals surface area (Å²) < 4.78 is 69.6. The van der Waals surface area contributed by atoms with Gasteiger partial charge in [-0.3, -0.25) is 9.52 Å². The Kier molecular flexibility index (Phi) is 13.1. The standard InChI is InChI=1S/C35H46ClN3O8S2/c1-24-9-14-30(15-10-24)48(42,43)37-29-13-18-33-32(20-29)35(41)39(26(3)23-40)21-25(2)34(46-19-7-6-8-27(4)47-33)22-38(5)49(44,45)31-16-11-28(36)12-17-31/h9-18,20,25-27,34,37,40H,6-8,19,21-23H2,1-5H3/t25-,26-,27-,34-/m1/s1. The molecule has 1 amide bonds. The topological polar surface area (TPSA) is 143 Å². The number of amides is 1. The number of benzene rings is 3. The van der Waals surface area contributed by atoms with E-state index in [0.717, 1.165) is 12.0 Å². The lowest BCUT2D eigenvalue weighted by molar-refractivity contribution is -0.00833. The average Bonchev–Trinajstić information content (AvgIpc) is 3.06. The first-order valence-corrected chi connectivity index (χ1v) is 19.6. The summed E-state index contributed by atoms with van der Waals surface area (Å²) >= 11 is 5.98. The van der Waals surface area contributed by atoms with Crippen molar-refractivity contribution in [2.45, 2.75) is 75.0 Å². The minimum atomic E-state index is -3.96. The maximum absolute atomic E-state index is 14.4. The molecule has 0 bridgehead atoms. The van der Waals surface area contributed by atoms with Crippen LogP contribution in [0.1, 0.15) is 56.0 Å². The van der Waals surface area contributed by atoms with Gasteiger partial charge >= 0.3 is 0 Å². The van der Waals surface area contributed by atoms with Crippen LogP contribution in [0.5, 0.6) is 5.75 Å².